The fourth-order valence-corrected chi connectivity index (χ4v) is 3.28. The number of thioether (sulfide) groups is 1. The van der Waals surface area contributed by atoms with Crippen molar-refractivity contribution in [2.24, 2.45) is 5.41 Å². The maximum absolute atomic E-state index is 13.7. The van der Waals surface area contributed by atoms with Gasteiger partial charge in [-0.2, -0.15) is 0 Å². The number of hydrogen-bond donors (Lipinski definition) is 1. The van der Waals surface area contributed by atoms with Crippen LogP contribution in [0.1, 0.15) is 19.4 Å². The van der Waals surface area contributed by atoms with Crippen LogP contribution in [0.5, 0.6) is 5.75 Å². The SMILES string of the molecule is COc1cccc(CNC(=O)C(C)(C)CSc2c(F)c(F)cc(F)c2F)c1. The number of carbonyl (C=O) groups excluding carboxylic acids is 1. The second kappa shape index (κ2) is 8.65. The van der Waals surface area contributed by atoms with Gasteiger partial charge in [-0.1, -0.05) is 26.0 Å². The van der Waals surface area contributed by atoms with E-state index >= 15 is 0 Å². The predicted molar refractivity (Wildman–Crippen MR) is 95.6 cm³/mol. The third-order valence-electron chi connectivity index (χ3n) is 3.85. The standard InChI is InChI=1S/C19H19F4NO2S/c1-19(2,10-27-17-15(22)13(20)8-14(21)16(17)23)18(25)24-9-11-5-4-6-12(7-11)26-3/h4-8H,9-10H2,1-3H3,(H,24,25). The topological polar surface area (TPSA) is 38.3 Å². The molecule has 8 heteroatoms. The van der Waals surface area contributed by atoms with Gasteiger partial charge >= 0.3 is 0 Å². The van der Waals surface area contributed by atoms with E-state index < -0.39 is 33.6 Å². The van der Waals surface area contributed by atoms with Crippen LogP contribution < -0.4 is 10.1 Å². The van der Waals surface area contributed by atoms with Gasteiger partial charge in [-0.25, -0.2) is 17.6 Å². The number of rotatable bonds is 7. The van der Waals surface area contributed by atoms with E-state index in [1.807, 2.05) is 6.07 Å². The van der Waals surface area contributed by atoms with Crippen LogP contribution in [0.15, 0.2) is 35.2 Å². The van der Waals surface area contributed by atoms with E-state index in [1.54, 1.807) is 32.0 Å². The lowest BCUT2D eigenvalue weighted by Gasteiger charge is -2.23. The van der Waals surface area contributed by atoms with Crippen LogP contribution in [0.3, 0.4) is 0 Å². The average molecular weight is 401 g/mol. The Labute approximate surface area is 159 Å². The lowest BCUT2D eigenvalue weighted by molar-refractivity contribution is -0.128. The lowest BCUT2D eigenvalue weighted by atomic mass is 9.95. The quantitative estimate of drug-likeness (QED) is 0.416. The predicted octanol–water partition coefficient (Wildman–Crippen LogP) is 4.69. The molecule has 0 aliphatic heterocycles. The maximum atomic E-state index is 13.7. The monoisotopic (exact) mass is 401 g/mol. The number of benzene rings is 2. The Bertz CT molecular complexity index is 816. The van der Waals surface area contributed by atoms with Crippen molar-refractivity contribution in [1.29, 1.82) is 0 Å². The van der Waals surface area contributed by atoms with Gasteiger partial charge in [-0.15, -0.1) is 11.8 Å². The molecule has 146 valence electrons. The normalized spacial score (nSPS) is 11.4. The molecule has 0 unspecified atom stereocenters. The molecule has 3 nitrogen and oxygen atoms in total. The molecule has 0 bridgehead atoms. The summed E-state index contributed by atoms with van der Waals surface area (Å²) in [4.78, 5) is 11.6. The summed E-state index contributed by atoms with van der Waals surface area (Å²) in [7, 11) is 1.53. The zero-order chi connectivity index (χ0) is 20.2. The van der Waals surface area contributed by atoms with Gasteiger partial charge in [0.25, 0.3) is 0 Å². The van der Waals surface area contributed by atoms with Crippen LogP contribution in [0.25, 0.3) is 0 Å². The number of hydrogen-bond acceptors (Lipinski definition) is 3. The first-order valence-corrected chi connectivity index (χ1v) is 9.01. The molecule has 0 aliphatic carbocycles. The molecule has 2 aromatic carbocycles. The van der Waals surface area contributed by atoms with Crippen molar-refractivity contribution < 1.29 is 27.1 Å². The molecule has 0 spiro atoms. The first-order chi connectivity index (χ1) is 12.7. The molecule has 0 atom stereocenters. The summed E-state index contributed by atoms with van der Waals surface area (Å²) in [6.45, 7) is 3.39. The minimum atomic E-state index is -1.48. The summed E-state index contributed by atoms with van der Waals surface area (Å²) in [5.41, 5.74) is -0.221. The van der Waals surface area contributed by atoms with Crippen molar-refractivity contribution in [1.82, 2.24) is 5.32 Å². The number of halogens is 4. The Balaban J connectivity index is 2.02. The Hall–Kier alpha value is -2.22. The van der Waals surface area contributed by atoms with Crippen LogP contribution in [0.4, 0.5) is 17.6 Å². The number of methoxy groups -OCH3 is 1. The summed E-state index contributed by atoms with van der Waals surface area (Å²) in [6, 6.07) is 7.28. The highest BCUT2D eigenvalue weighted by Crippen LogP contribution is 2.33. The molecule has 0 saturated heterocycles. The second-order valence-electron chi connectivity index (χ2n) is 6.50. The van der Waals surface area contributed by atoms with Crippen molar-refractivity contribution >= 4 is 17.7 Å². The molecule has 0 fully saturated rings. The molecule has 1 N–H and O–H groups in total. The fraction of sp³-hybridized carbons (Fsp3) is 0.316. The van der Waals surface area contributed by atoms with Gasteiger partial charge in [0.05, 0.1) is 17.4 Å². The maximum Gasteiger partial charge on any atom is 0.226 e. The molecule has 0 aromatic heterocycles. The molecule has 1 amide bonds. The minimum absolute atomic E-state index is 0.0757. The van der Waals surface area contributed by atoms with E-state index in [9.17, 15) is 22.4 Å². The lowest BCUT2D eigenvalue weighted by Crippen LogP contribution is -2.38. The molecule has 0 heterocycles. The Morgan fingerprint density at radius 1 is 1.11 bits per heavy atom. The van der Waals surface area contributed by atoms with Crippen molar-refractivity contribution in [3.8, 4) is 5.75 Å². The number of amides is 1. The largest absolute Gasteiger partial charge is 0.497 e. The van der Waals surface area contributed by atoms with Crippen LogP contribution in [-0.2, 0) is 11.3 Å². The van der Waals surface area contributed by atoms with E-state index in [4.69, 9.17) is 4.74 Å². The van der Waals surface area contributed by atoms with Gasteiger partial charge in [0.15, 0.2) is 23.3 Å². The Kier molecular flexibility index (Phi) is 6.75. The number of ether oxygens (including phenoxy) is 1. The average Bonchev–Trinajstić information content (AvgIpc) is 2.64. The van der Waals surface area contributed by atoms with Gasteiger partial charge in [0, 0.05) is 18.4 Å². The van der Waals surface area contributed by atoms with Gasteiger partial charge < -0.3 is 10.1 Å². The van der Waals surface area contributed by atoms with Crippen molar-refractivity contribution in [2.45, 2.75) is 25.3 Å². The van der Waals surface area contributed by atoms with E-state index in [2.05, 4.69) is 5.32 Å². The smallest absolute Gasteiger partial charge is 0.226 e. The zero-order valence-electron chi connectivity index (χ0n) is 15.0. The zero-order valence-corrected chi connectivity index (χ0v) is 15.9. The molecule has 0 saturated carbocycles. The molecule has 0 radical (unpaired) electrons. The number of carbonyl (C=O) groups is 1. The molecule has 2 aromatic rings. The highest BCUT2D eigenvalue weighted by molar-refractivity contribution is 7.99. The fourth-order valence-electron chi connectivity index (χ4n) is 2.20. The summed E-state index contributed by atoms with van der Waals surface area (Å²) >= 11 is 0.554. The van der Waals surface area contributed by atoms with Crippen LogP contribution >= 0.6 is 11.8 Å². The van der Waals surface area contributed by atoms with Crippen molar-refractivity contribution in [3.05, 3.63) is 59.2 Å². The first kappa shape index (κ1) is 21.1. The van der Waals surface area contributed by atoms with Gasteiger partial charge in [0.1, 0.15) is 5.75 Å². The van der Waals surface area contributed by atoms with E-state index in [0.29, 0.717) is 17.5 Å². The second-order valence-corrected chi connectivity index (χ2v) is 7.49. The molecular weight excluding hydrogens is 382 g/mol. The molecule has 27 heavy (non-hydrogen) atoms. The third-order valence-corrected chi connectivity index (χ3v) is 5.36. The molecular formula is C19H19F4NO2S. The summed E-state index contributed by atoms with van der Waals surface area (Å²) < 4.78 is 59.2. The highest BCUT2D eigenvalue weighted by Gasteiger charge is 2.30. The Morgan fingerprint density at radius 2 is 1.74 bits per heavy atom. The van der Waals surface area contributed by atoms with Crippen LogP contribution in [0.2, 0.25) is 0 Å². The summed E-state index contributed by atoms with van der Waals surface area (Å²) in [5.74, 6) is -5.68. The van der Waals surface area contributed by atoms with Gasteiger partial charge in [-0.3, -0.25) is 4.79 Å². The van der Waals surface area contributed by atoms with Crippen molar-refractivity contribution in [2.75, 3.05) is 12.9 Å². The van der Waals surface area contributed by atoms with Crippen LogP contribution in [0, 0.1) is 28.7 Å². The minimum Gasteiger partial charge on any atom is -0.497 e. The number of nitrogens with one attached hydrogen (secondary N) is 1. The van der Waals surface area contributed by atoms with E-state index in [1.165, 1.54) is 7.11 Å². The summed E-state index contributed by atoms with van der Waals surface area (Å²) in [5, 5.41) is 2.74. The van der Waals surface area contributed by atoms with E-state index in [0.717, 1.165) is 5.56 Å². The van der Waals surface area contributed by atoms with Crippen molar-refractivity contribution in [3.63, 3.8) is 0 Å². The summed E-state index contributed by atoms with van der Waals surface area (Å²) in [6.07, 6.45) is 0. The Morgan fingerprint density at radius 3 is 2.33 bits per heavy atom. The molecule has 0 aliphatic rings. The van der Waals surface area contributed by atoms with Crippen LogP contribution in [-0.4, -0.2) is 18.8 Å². The third kappa shape index (κ3) is 5.15. The van der Waals surface area contributed by atoms with E-state index in [-0.39, 0.29) is 24.3 Å². The van der Waals surface area contributed by atoms with Gasteiger partial charge in [-0.05, 0) is 17.7 Å². The van der Waals surface area contributed by atoms with Gasteiger partial charge in [0.2, 0.25) is 5.91 Å². The molecule has 2 rings (SSSR count). The highest BCUT2D eigenvalue weighted by atomic mass is 32.2. The first-order valence-electron chi connectivity index (χ1n) is 8.02.